The molecule has 0 aliphatic rings. The number of nitrogens with zero attached hydrogens (tertiary/aromatic N) is 2. The highest BCUT2D eigenvalue weighted by molar-refractivity contribution is 7.91. The number of rotatable bonds is 4. The lowest BCUT2D eigenvalue weighted by atomic mass is 10.3. The maximum absolute atomic E-state index is 12.2. The van der Waals surface area contributed by atoms with E-state index in [-0.39, 0.29) is 16.3 Å². The van der Waals surface area contributed by atoms with Gasteiger partial charge in [-0.15, -0.1) is 0 Å². The number of anilines is 1. The maximum atomic E-state index is 12.2. The molecular weight excluding hydrogens is 286 g/mol. The van der Waals surface area contributed by atoms with Gasteiger partial charge in [0.15, 0.2) is 9.84 Å². The van der Waals surface area contributed by atoms with Gasteiger partial charge in [0.1, 0.15) is 0 Å². The van der Waals surface area contributed by atoms with Crippen molar-refractivity contribution in [3.8, 4) is 0 Å². The Hall–Kier alpha value is -1.53. The summed E-state index contributed by atoms with van der Waals surface area (Å²) in [6.45, 7) is 0. The highest BCUT2D eigenvalue weighted by Gasteiger charge is 2.18. The van der Waals surface area contributed by atoms with Crippen LogP contribution in [0.15, 0.2) is 35.5 Å². The summed E-state index contributed by atoms with van der Waals surface area (Å²) in [7, 11) is -1.63. The molecule has 0 radical (unpaired) electrons. The van der Waals surface area contributed by atoms with Crippen LogP contribution in [0.5, 0.6) is 0 Å². The molecule has 1 heterocycles. The van der Waals surface area contributed by atoms with E-state index in [2.05, 4.69) is 5.10 Å². The van der Waals surface area contributed by atoms with Crippen LogP contribution in [0.1, 0.15) is 5.56 Å². The van der Waals surface area contributed by atoms with E-state index in [1.807, 2.05) is 0 Å². The molecule has 1 aromatic carbocycles. The topological polar surface area (TPSA) is 78.0 Å². The van der Waals surface area contributed by atoms with Gasteiger partial charge in [0.05, 0.1) is 22.5 Å². The molecule has 0 bridgehead atoms. The Morgan fingerprint density at radius 1 is 1.42 bits per heavy atom. The highest BCUT2D eigenvalue weighted by atomic mass is 35.5. The van der Waals surface area contributed by atoms with Gasteiger partial charge in [-0.3, -0.25) is 4.68 Å². The maximum Gasteiger partial charge on any atom is 0.180 e. The Bertz CT molecular complexity index is 695. The molecule has 19 heavy (non-hydrogen) atoms. The lowest BCUT2D eigenvalue weighted by Crippen LogP contribution is -2.11. The van der Waals surface area contributed by atoms with Crippen LogP contribution in [0.2, 0.25) is 5.02 Å². The zero-order valence-corrected chi connectivity index (χ0v) is 11.9. The Labute approximate surface area is 116 Å². The summed E-state index contributed by atoms with van der Waals surface area (Å²) in [5.41, 5.74) is 6.75. The molecule has 0 aliphatic carbocycles. The van der Waals surface area contributed by atoms with Crippen LogP contribution >= 0.6 is 11.6 Å². The Morgan fingerprint density at radius 3 is 2.74 bits per heavy atom. The van der Waals surface area contributed by atoms with E-state index in [1.165, 1.54) is 18.2 Å². The van der Waals surface area contributed by atoms with Crippen LogP contribution in [0.4, 0.5) is 5.69 Å². The number of hydrogen-bond acceptors (Lipinski definition) is 4. The molecule has 5 nitrogen and oxygen atoms in total. The zero-order valence-electron chi connectivity index (χ0n) is 10.4. The van der Waals surface area contributed by atoms with Crippen molar-refractivity contribution < 1.29 is 8.42 Å². The smallest absolute Gasteiger partial charge is 0.180 e. The number of sulfone groups is 1. The van der Waals surface area contributed by atoms with Gasteiger partial charge in [0.25, 0.3) is 0 Å². The molecular formula is C12H14ClN3O2S. The molecule has 2 rings (SSSR count). The van der Waals surface area contributed by atoms with E-state index in [0.717, 1.165) is 5.56 Å². The second-order valence-corrected chi connectivity index (χ2v) is 6.79. The van der Waals surface area contributed by atoms with E-state index < -0.39 is 9.84 Å². The summed E-state index contributed by atoms with van der Waals surface area (Å²) >= 11 is 5.76. The Balaban J connectivity index is 2.18. The van der Waals surface area contributed by atoms with Gasteiger partial charge in [0, 0.05) is 18.3 Å². The molecule has 102 valence electrons. The predicted molar refractivity (Wildman–Crippen MR) is 74.8 cm³/mol. The van der Waals surface area contributed by atoms with Crippen LogP contribution in [-0.2, 0) is 23.3 Å². The van der Waals surface area contributed by atoms with E-state index in [1.54, 1.807) is 24.1 Å². The van der Waals surface area contributed by atoms with Gasteiger partial charge in [0.2, 0.25) is 0 Å². The molecule has 0 amide bonds. The minimum absolute atomic E-state index is 0.00940. The van der Waals surface area contributed by atoms with Gasteiger partial charge >= 0.3 is 0 Å². The normalized spacial score (nSPS) is 11.7. The molecule has 1 aromatic heterocycles. The summed E-state index contributed by atoms with van der Waals surface area (Å²) in [5, 5.41) is 4.42. The molecule has 0 spiro atoms. The van der Waals surface area contributed by atoms with Crippen molar-refractivity contribution >= 4 is 27.1 Å². The second kappa shape index (κ2) is 5.22. The summed E-state index contributed by atoms with van der Waals surface area (Å²) in [6, 6.07) is 4.41. The van der Waals surface area contributed by atoms with Gasteiger partial charge in [-0.05, 0) is 30.2 Å². The average molecular weight is 300 g/mol. The van der Waals surface area contributed by atoms with Crippen molar-refractivity contribution in [2.45, 2.75) is 11.3 Å². The van der Waals surface area contributed by atoms with E-state index >= 15 is 0 Å². The summed E-state index contributed by atoms with van der Waals surface area (Å²) < 4.78 is 26.0. The van der Waals surface area contributed by atoms with Crippen LogP contribution < -0.4 is 5.73 Å². The van der Waals surface area contributed by atoms with Crippen molar-refractivity contribution in [3.05, 3.63) is 41.2 Å². The summed E-state index contributed by atoms with van der Waals surface area (Å²) in [4.78, 5) is 0.126. The highest BCUT2D eigenvalue weighted by Crippen LogP contribution is 2.23. The average Bonchev–Trinajstić information content (AvgIpc) is 2.72. The number of nitrogens with two attached hydrogens (primary N) is 1. The fourth-order valence-electron chi connectivity index (χ4n) is 1.77. The number of aryl methyl sites for hydroxylation is 2. The first-order valence-corrected chi connectivity index (χ1v) is 7.67. The van der Waals surface area contributed by atoms with Crippen molar-refractivity contribution in [1.82, 2.24) is 9.78 Å². The largest absolute Gasteiger partial charge is 0.398 e. The third kappa shape index (κ3) is 3.27. The summed E-state index contributed by atoms with van der Waals surface area (Å²) in [5.74, 6) is -0.00940. The van der Waals surface area contributed by atoms with Gasteiger partial charge in [-0.2, -0.15) is 5.10 Å². The Kier molecular flexibility index (Phi) is 3.82. The fourth-order valence-corrected chi connectivity index (χ4v) is 3.36. The van der Waals surface area contributed by atoms with Crippen molar-refractivity contribution in [2.24, 2.45) is 7.05 Å². The minimum atomic E-state index is -3.42. The molecule has 0 fully saturated rings. The van der Waals surface area contributed by atoms with Gasteiger partial charge in [-0.25, -0.2) is 8.42 Å². The number of hydrogen-bond donors (Lipinski definition) is 1. The van der Waals surface area contributed by atoms with Crippen molar-refractivity contribution in [3.63, 3.8) is 0 Å². The van der Waals surface area contributed by atoms with Crippen LogP contribution in [0.3, 0.4) is 0 Å². The van der Waals surface area contributed by atoms with Crippen LogP contribution in [0.25, 0.3) is 0 Å². The van der Waals surface area contributed by atoms with E-state index in [4.69, 9.17) is 17.3 Å². The SMILES string of the molecule is Cn1cc(CCS(=O)(=O)c2ccc(Cl)cc2N)cn1. The van der Waals surface area contributed by atoms with Crippen molar-refractivity contribution in [2.75, 3.05) is 11.5 Å². The van der Waals surface area contributed by atoms with E-state index in [0.29, 0.717) is 11.4 Å². The van der Waals surface area contributed by atoms with E-state index in [9.17, 15) is 8.42 Å². The third-order valence-electron chi connectivity index (χ3n) is 2.72. The third-order valence-corrected chi connectivity index (χ3v) is 4.74. The molecule has 0 saturated heterocycles. The number of benzene rings is 1. The number of halogens is 1. The minimum Gasteiger partial charge on any atom is -0.398 e. The quantitative estimate of drug-likeness (QED) is 0.871. The monoisotopic (exact) mass is 299 g/mol. The lowest BCUT2D eigenvalue weighted by Gasteiger charge is -2.07. The molecule has 7 heteroatoms. The lowest BCUT2D eigenvalue weighted by molar-refractivity contribution is 0.595. The standard InChI is InChI=1S/C12H14ClN3O2S/c1-16-8-9(7-15-16)4-5-19(17,18)12-3-2-10(13)6-11(12)14/h2-3,6-8H,4-5,14H2,1H3. The van der Waals surface area contributed by atoms with Gasteiger partial charge < -0.3 is 5.73 Å². The molecule has 0 saturated carbocycles. The second-order valence-electron chi connectivity index (χ2n) is 4.27. The first-order chi connectivity index (χ1) is 8.88. The predicted octanol–water partition coefficient (Wildman–Crippen LogP) is 1.67. The van der Waals surface area contributed by atoms with Crippen LogP contribution in [0, 0.1) is 0 Å². The zero-order chi connectivity index (χ0) is 14.0. The van der Waals surface area contributed by atoms with Crippen molar-refractivity contribution in [1.29, 1.82) is 0 Å². The number of aromatic nitrogens is 2. The molecule has 2 aromatic rings. The first-order valence-electron chi connectivity index (χ1n) is 5.64. The number of nitrogen functional groups attached to an aromatic ring is 1. The van der Waals surface area contributed by atoms with Gasteiger partial charge in [-0.1, -0.05) is 11.6 Å². The Morgan fingerprint density at radius 2 is 2.16 bits per heavy atom. The first kappa shape index (κ1) is 13.9. The molecule has 0 aliphatic heterocycles. The molecule has 0 atom stereocenters. The fraction of sp³-hybridized carbons (Fsp3) is 0.250. The summed E-state index contributed by atoms with van der Waals surface area (Å²) in [6.07, 6.45) is 3.85. The van der Waals surface area contributed by atoms with Crippen LogP contribution in [-0.4, -0.2) is 24.0 Å². The molecule has 2 N–H and O–H groups in total. The molecule has 0 unspecified atom stereocenters.